The van der Waals surface area contributed by atoms with Gasteiger partial charge in [-0.1, -0.05) is 12.1 Å². The highest BCUT2D eigenvalue weighted by molar-refractivity contribution is 5.79. The first kappa shape index (κ1) is 25.3. The summed E-state index contributed by atoms with van der Waals surface area (Å²) in [6, 6.07) is 15.6. The number of amides is 1. The molecule has 0 aliphatic carbocycles. The molecule has 0 radical (unpaired) electrons. The van der Waals surface area contributed by atoms with Crippen LogP contribution >= 0.6 is 0 Å². The Balaban J connectivity index is 1.37. The number of benzene rings is 2. The standard InChI is InChI=1S/C28H33N3O5/c1-33-23-7-5-20(6-8-23)16-27(32)31-13-11-30(12-14-31)19-21-9-10-29-24(15-21)22-17-25(34-2)28(36-4)26(18-22)35-3/h5-10,15,17-18H,11-14,16,19H2,1-4H3. The SMILES string of the molecule is COc1ccc(CC(=O)N2CCN(Cc3ccnc(-c4cc(OC)c(OC)c(OC)c4)c3)CC2)cc1. The van der Waals surface area contributed by atoms with Gasteiger partial charge in [0.05, 0.1) is 40.6 Å². The van der Waals surface area contributed by atoms with Crippen LogP contribution < -0.4 is 18.9 Å². The van der Waals surface area contributed by atoms with Crippen molar-refractivity contribution >= 4 is 5.91 Å². The summed E-state index contributed by atoms with van der Waals surface area (Å²) in [7, 11) is 6.43. The van der Waals surface area contributed by atoms with Crippen molar-refractivity contribution in [2.24, 2.45) is 0 Å². The van der Waals surface area contributed by atoms with Gasteiger partial charge in [-0.25, -0.2) is 0 Å². The van der Waals surface area contributed by atoms with E-state index in [0.29, 0.717) is 23.7 Å². The van der Waals surface area contributed by atoms with Gasteiger partial charge >= 0.3 is 0 Å². The molecule has 1 saturated heterocycles. The topological polar surface area (TPSA) is 73.4 Å². The molecule has 0 spiro atoms. The van der Waals surface area contributed by atoms with Crippen molar-refractivity contribution in [1.82, 2.24) is 14.8 Å². The van der Waals surface area contributed by atoms with Crippen molar-refractivity contribution in [3.63, 3.8) is 0 Å². The number of carbonyl (C=O) groups excluding carboxylic acids is 1. The molecule has 2 aromatic carbocycles. The Bertz CT molecular complexity index is 1150. The molecule has 36 heavy (non-hydrogen) atoms. The van der Waals surface area contributed by atoms with Crippen LogP contribution in [-0.4, -0.2) is 75.3 Å². The van der Waals surface area contributed by atoms with E-state index in [1.165, 1.54) is 0 Å². The van der Waals surface area contributed by atoms with Gasteiger partial charge in [0.15, 0.2) is 11.5 Å². The molecule has 0 saturated carbocycles. The van der Waals surface area contributed by atoms with Crippen LogP contribution in [0, 0.1) is 0 Å². The third-order valence-corrected chi connectivity index (χ3v) is 6.43. The van der Waals surface area contributed by atoms with E-state index in [0.717, 1.165) is 60.9 Å². The lowest BCUT2D eigenvalue weighted by Gasteiger charge is -2.35. The molecule has 1 aliphatic heterocycles. The molecule has 2 heterocycles. The fraction of sp³-hybridized carbons (Fsp3) is 0.357. The lowest BCUT2D eigenvalue weighted by molar-refractivity contribution is -0.132. The number of ether oxygens (including phenoxy) is 4. The molecule has 1 aliphatic rings. The minimum Gasteiger partial charge on any atom is -0.497 e. The van der Waals surface area contributed by atoms with Gasteiger partial charge in [-0.3, -0.25) is 14.7 Å². The number of piperazine rings is 1. The molecule has 0 atom stereocenters. The third kappa shape index (κ3) is 5.88. The summed E-state index contributed by atoms with van der Waals surface area (Å²) < 4.78 is 21.6. The number of pyridine rings is 1. The Morgan fingerprint density at radius 2 is 1.47 bits per heavy atom. The highest BCUT2D eigenvalue weighted by atomic mass is 16.5. The zero-order valence-electron chi connectivity index (χ0n) is 21.3. The molecule has 190 valence electrons. The molecule has 1 aromatic heterocycles. The molecule has 8 heteroatoms. The number of hydrogen-bond donors (Lipinski definition) is 0. The zero-order chi connectivity index (χ0) is 25.5. The van der Waals surface area contributed by atoms with Gasteiger partial charge in [0.1, 0.15) is 5.75 Å². The van der Waals surface area contributed by atoms with Crippen LogP contribution in [0.4, 0.5) is 0 Å². The average Bonchev–Trinajstić information content (AvgIpc) is 2.93. The Labute approximate surface area is 212 Å². The Morgan fingerprint density at radius 3 is 2.06 bits per heavy atom. The van der Waals surface area contributed by atoms with Crippen molar-refractivity contribution < 1.29 is 23.7 Å². The van der Waals surface area contributed by atoms with Gasteiger partial charge in [0.25, 0.3) is 0 Å². The summed E-state index contributed by atoms with van der Waals surface area (Å²) in [6.45, 7) is 3.90. The number of methoxy groups -OCH3 is 4. The second-order valence-corrected chi connectivity index (χ2v) is 8.65. The third-order valence-electron chi connectivity index (χ3n) is 6.43. The van der Waals surface area contributed by atoms with E-state index in [4.69, 9.17) is 18.9 Å². The molecule has 0 bridgehead atoms. The highest BCUT2D eigenvalue weighted by Crippen LogP contribution is 2.40. The summed E-state index contributed by atoms with van der Waals surface area (Å²) in [5.41, 5.74) is 3.88. The van der Waals surface area contributed by atoms with E-state index in [2.05, 4.69) is 16.0 Å². The van der Waals surface area contributed by atoms with E-state index in [-0.39, 0.29) is 5.91 Å². The lowest BCUT2D eigenvalue weighted by Crippen LogP contribution is -2.48. The van der Waals surface area contributed by atoms with Crippen LogP contribution in [0.1, 0.15) is 11.1 Å². The van der Waals surface area contributed by atoms with Crippen molar-refractivity contribution in [3.05, 3.63) is 65.9 Å². The summed E-state index contributed by atoms with van der Waals surface area (Å²) in [6.07, 6.45) is 2.23. The number of carbonyl (C=O) groups is 1. The fourth-order valence-corrected chi connectivity index (χ4v) is 4.40. The smallest absolute Gasteiger partial charge is 0.227 e. The van der Waals surface area contributed by atoms with Crippen LogP contribution in [0.25, 0.3) is 11.3 Å². The van der Waals surface area contributed by atoms with Crippen LogP contribution in [-0.2, 0) is 17.8 Å². The molecular weight excluding hydrogens is 458 g/mol. The van der Waals surface area contributed by atoms with Gasteiger partial charge in [0.2, 0.25) is 11.7 Å². The predicted octanol–water partition coefficient (Wildman–Crippen LogP) is 3.67. The molecule has 8 nitrogen and oxygen atoms in total. The molecule has 3 aromatic rings. The Morgan fingerprint density at radius 1 is 0.806 bits per heavy atom. The first-order valence-electron chi connectivity index (χ1n) is 11.9. The fourth-order valence-electron chi connectivity index (χ4n) is 4.40. The largest absolute Gasteiger partial charge is 0.497 e. The number of hydrogen-bond acceptors (Lipinski definition) is 7. The van der Waals surface area contributed by atoms with Crippen molar-refractivity contribution in [2.45, 2.75) is 13.0 Å². The van der Waals surface area contributed by atoms with E-state index in [9.17, 15) is 4.79 Å². The van der Waals surface area contributed by atoms with Gasteiger partial charge < -0.3 is 23.8 Å². The monoisotopic (exact) mass is 491 g/mol. The second kappa shape index (κ2) is 11.8. The van der Waals surface area contributed by atoms with Crippen LogP contribution in [0.2, 0.25) is 0 Å². The first-order valence-corrected chi connectivity index (χ1v) is 11.9. The maximum Gasteiger partial charge on any atom is 0.227 e. The molecule has 0 unspecified atom stereocenters. The number of rotatable bonds is 9. The van der Waals surface area contributed by atoms with Gasteiger partial charge in [0, 0.05) is 44.5 Å². The quantitative estimate of drug-likeness (QED) is 0.452. The molecule has 1 fully saturated rings. The normalized spacial score (nSPS) is 13.8. The summed E-state index contributed by atoms with van der Waals surface area (Å²) in [5, 5.41) is 0. The second-order valence-electron chi connectivity index (χ2n) is 8.65. The Hall–Kier alpha value is -3.78. The van der Waals surface area contributed by atoms with Crippen molar-refractivity contribution in [3.8, 4) is 34.3 Å². The van der Waals surface area contributed by atoms with E-state index >= 15 is 0 Å². The van der Waals surface area contributed by atoms with E-state index < -0.39 is 0 Å². The molecule has 1 amide bonds. The van der Waals surface area contributed by atoms with Crippen LogP contribution in [0.15, 0.2) is 54.7 Å². The van der Waals surface area contributed by atoms with Crippen molar-refractivity contribution in [2.75, 3.05) is 54.6 Å². The summed E-state index contributed by atoms with van der Waals surface area (Å²) in [4.78, 5) is 21.7. The minimum atomic E-state index is 0.161. The Kier molecular flexibility index (Phi) is 8.28. The van der Waals surface area contributed by atoms with Gasteiger partial charge in [-0.05, 0) is 47.5 Å². The lowest BCUT2D eigenvalue weighted by atomic mass is 10.1. The van der Waals surface area contributed by atoms with Crippen molar-refractivity contribution in [1.29, 1.82) is 0 Å². The minimum absolute atomic E-state index is 0.161. The highest BCUT2D eigenvalue weighted by Gasteiger charge is 2.22. The first-order chi connectivity index (χ1) is 17.5. The maximum atomic E-state index is 12.8. The average molecular weight is 492 g/mol. The maximum absolute atomic E-state index is 12.8. The van der Waals surface area contributed by atoms with Crippen LogP contribution in [0.3, 0.4) is 0 Å². The molecular formula is C28H33N3O5. The molecule has 0 N–H and O–H groups in total. The van der Waals surface area contributed by atoms with Gasteiger partial charge in [-0.15, -0.1) is 0 Å². The van der Waals surface area contributed by atoms with E-state index in [1.807, 2.05) is 53.6 Å². The number of aromatic nitrogens is 1. The summed E-state index contributed by atoms with van der Waals surface area (Å²) >= 11 is 0. The number of nitrogens with zero attached hydrogens (tertiary/aromatic N) is 3. The van der Waals surface area contributed by atoms with Crippen LogP contribution in [0.5, 0.6) is 23.0 Å². The van der Waals surface area contributed by atoms with E-state index in [1.54, 1.807) is 28.4 Å². The van der Waals surface area contributed by atoms with Gasteiger partial charge in [-0.2, -0.15) is 0 Å². The predicted molar refractivity (Wildman–Crippen MR) is 138 cm³/mol. The molecule has 4 rings (SSSR count). The summed E-state index contributed by atoms with van der Waals surface area (Å²) in [5.74, 6) is 2.70. The zero-order valence-corrected chi connectivity index (χ0v) is 21.3.